The molecule has 1 aromatic carbocycles. The number of nitrogens with zero attached hydrogens (tertiary/aromatic N) is 4. The third kappa shape index (κ3) is 3.77. The van der Waals surface area contributed by atoms with Gasteiger partial charge < -0.3 is 15.5 Å². The predicted molar refractivity (Wildman–Crippen MR) is 104 cm³/mol. The Balaban J connectivity index is 1.90. The highest BCUT2D eigenvalue weighted by molar-refractivity contribution is 5.99. The summed E-state index contributed by atoms with van der Waals surface area (Å²) in [6.45, 7) is 4.91. The van der Waals surface area contributed by atoms with Gasteiger partial charge in [-0.15, -0.1) is 0 Å². The molecule has 0 bridgehead atoms. The molecule has 1 aliphatic heterocycles. The van der Waals surface area contributed by atoms with Gasteiger partial charge >= 0.3 is 0 Å². The first kappa shape index (κ1) is 18.8. The zero-order valence-electron chi connectivity index (χ0n) is 16.0. The lowest BCUT2D eigenvalue weighted by Crippen LogP contribution is -2.57. The highest BCUT2D eigenvalue weighted by atomic mass is 16.2. The summed E-state index contributed by atoms with van der Waals surface area (Å²) in [6.07, 6.45) is 3.11. The van der Waals surface area contributed by atoms with E-state index < -0.39 is 6.04 Å². The maximum absolute atomic E-state index is 13.1. The van der Waals surface area contributed by atoms with E-state index in [2.05, 4.69) is 9.97 Å². The van der Waals surface area contributed by atoms with Crippen LogP contribution in [0.5, 0.6) is 0 Å². The van der Waals surface area contributed by atoms with Gasteiger partial charge in [0, 0.05) is 31.3 Å². The molecule has 0 spiro atoms. The van der Waals surface area contributed by atoms with Gasteiger partial charge in [0.05, 0.1) is 17.6 Å². The third-order valence-corrected chi connectivity index (χ3v) is 4.93. The minimum absolute atomic E-state index is 0.00707. The Bertz CT molecular complexity index is 867. The number of nitrogens with two attached hydrogens (primary N) is 1. The van der Waals surface area contributed by atoms with E-state index in [4.69, 9.17) is 5.73 Å². The van der Waals surface area contributed by atoms with Crippen molar-refractivity contribution in [2.45, 2.75) is 32.7 Å². The summed E-state index contributed by atoms with van der Waals surface area (Å²) in [6, 6.07) is 6.88. The number of aromatic nitrogens is 2. The van der Waals surface area contributed by atoms with Gasteiger partial charge in [-0.2, -0.15) is 0 Å². The second kappa shape index (κ2) is 7.73. The summed E-state index contributed by atoms with van der Waals surface area (Å²) in [7, 11) is 1.79. The van der Waals surface area contributed by atoms with Gasteiger partial charge in [-0.05, 0) is 25.5 Å². The van der Waals surface area contributed by atoms with E-state index in [9.17, 15) is 9.59 Å². The minimum Gasteiger partial charge on any atom is -0.382 e. The number of aryl methyl sites for hydroxylation is 1. The fourth-order valence-corrected chi connectivity index (χ4v) is 3.31. The number of benzene rings is 1. The summed E-state index contributed by atoms with van der Waals surface area (Å²) in [4.78, 5) is 37.7. The molecular formula is C20H25N5O2. The van der Waals surface area contributed by atoms with Crippen molar-refractivity contribution in [3.05, 3.63) is 41.7 Å². The average molecular weight is 367 g/mol. The first-order valence-corrected chi connectivity index (χ1v) is 9.18. The van der Waals surface area contributed by atoms with Gasteiger partial charge in [-0.1, -0.05) is 25.5 Å². The van der Waals surface area contributed by atoms with Crippen LogP contribution in [-0.2, 0) is 4.79 Å². The summed E-state index contributed by atoms with van der Waals surface area (Å²) in [5, 5.41) is 0. The van der Waals surface area contributed by atoms with Crippen LogP contribution in [0.15, 0.2) is 30.5 Å². The Labute approximate surface area is 159 Å². The van der Waals surface area contributed by atoms with E-state index >= 15 is 0 Å². The fourth-order valence-electron chi connectivity index (χ4n) is 3.31. The predicted octanol–water partition coefficient (Wildman–Crippen LogP) is 2.12. The molecule has 0 saturated carbocycles. The van der Waals surface area contributed by atoms with Crippen LogP contribution < -0.4 is 5.73 Å². The molecule has 1 aromatic heterocycles. The van der Waals surface area contributed by atoms with E-state index in [1.165, 1.54) is 0 Å². The lowest BCUT2D eigenvalue weighted by Gasteiger charge is -2.39. The van der Waals surface area contributed by atoms with Crippen LogP contribution in [0.1, 0.15) is 35.8 Å². The van der Waals surface area contributed by atoms with Crippen molar-refractivity contribution in [1.82, 2.24) is 19.8 Å². The number of carbonyl (C=O) groups excluding carboxylic acids is 2. The van der Waals surface area contributed by atoms with Gasteiger partial charge in [0.1, 0.15) is 11.9 Å². The smallest absolute Gasteiger partial charge is 0.254 e. The van der Waals surface area contributed by atoms with E-state index in [-0.39, 0.29) is 11.8 Å². The molecule has 2 heterocycles. The Morgan fingerprint density at radius 1 is 1.33 bits per heavy atom. The number of rotatable bonds is 4. The Morgan fingerprint density at radius 3 is 2.81 bits per heavy atom. The second-order valence-corrected chi connectivity index (χ2v) is 6.87. The summed E-state index contributed by atoms with van der Waals surface area (Å²) >= 11 is 0. The maximum atomic E-state index is 13.1. The van der Waals surface area contributed by atoms with Crippen LogP contribution in [0, 0.1) is 6.92 Å². The molecule has 27 heavy (non-hydrogen) atoms. The van der Waals surface area contributed by atoms with Crippen LogP contribution in [0.3, 0.4) is 0 Å². The van der Waals surface area contributed by atoms with Crippen LogP contribution in [0.4, 0.5) is 5.82 Å². The number of carbonyl (C=O) groups is 2. The van der Waals surface area contributed by atoms with Gasteiger partial charge in [0.25, 0.3) is 5.91 Å². The number of amides is 2. The molecule has 1 aliphatic rings. The molecular weight excluding hydrogens is 342 g/mol. The molecule has 3 rings (SSSR count). The van der Waals surface area contributed by atoms with Crippen LogP contribution in [0.25, 0.3) is 11.3 Å². The van der Waals surface area contributed by atoms with Crippen molar-refractivity contribution < 1.29 is 9.59 Å². The van der Waals surface area contributed by atoms with Gasteiger partial charge in [-0.3, -0.25) is 9.59 Å². The standard InChI is InChI=1S/C20H25N5O2/c1-4-6-17-20(27)24(3)9-10-25(17)19(26)15-8-5-7-14(11-15)16-12-22-18(21)13(2)23-16/h5,7-8,11-12,17H,4,6,9-10H2,1-3H3,(H2,21,22). The maximum Gasteiger partial charge on any atom is 0.254 e. The van der Waals surface area contributed by atoms with Crippen LogP contribution >= 0.6 is 0 Å². The molecule has 1 unspecified atom stereocenters. The van der Waals surface area contributed by atoms with Crippen LogP contribution in [-0.4, -0.2) is 57.8 Å². The number of likely N-dealkylation sites (N-methyl/N-ethyl adjacent to an activating group) is 1. The number of nitrogen functional groups attached to an aromatic ring is 1. The fraction of sp³-hybridized carbons (Fsp3) is 0.400. The first-order valence-electron chi connectivity index (χ1n) is 9.18. The number of piperazine rings is 1. The lowest BCUT2D eigenvalue weighted by molar-refractivity contribution is -0.138. The van der Waals surface area contributed by atoms with E-state index in [0.29, 0.717) is 42.3 Å². The molecule has 1 saturated heterocycles. The summed E-state index contributed by atoms with van der Waals surface area (Å²) < 4.78 is 0. The van der Waals surface area contributed by atoms with E-state index in [1.807, 2.05) is 19.1 Å². The zero-order chi connectivity index (χ0) is 19.6. The normalized spacial score (nSPS) is 17.3. The molecule has 7 nitrogen and oxygen atoms in total. The largest absolute Gasteiger partial charge is 0.382 e. The Kier molecular flexibility index (Phi) is 5.39. The highest BCUT2D eigenvalue weighted by Gasteiger charge is 2.35. The Hall–Kier alpha value is -2.96. The van der Waals surface area contributed by atoms with Crippen molar-refractivity contribution in [3.8, 4) is 11.3 Å². The van der Waals surface area contributed by atoms with Crippen molar-refractivity contribution in [3.63, 3.8) is 0 Å². The van der Waals surface area contributed by atoms with E-state index in [0.717, 1.165) is 12.0 Å². The van der Waals surface area contributed by atoms with Crippen molar-refractivity contribution in [1.29, 1.82) is 0 Å². The summed E-state index contributed by atoms with van der Waals surface area (Å²) in [5.41, 5.74) is 8.39. The number of hydrogen-bond donors (Lipinski definition) is 1. The zero-order valence-corrected chi connectivity index (χ0v) is 16.0. The van der Waals surface area contributed by atoms with Crippen molar-refractivity contribution in [2.24, 2.45) is 0 Å². The minimum atomic E-state index is -0.400. The molecule has 142 valence electrons. The molecule has 0 radical (unpaired) electrons. The van der Waals surface area contributed by atoms with Gasteiger partial charge in [-0.25, -0.2) is 9.97 Å². The monoisotopic (exact) mass is 367 g/mol. The third-order valence-electron chi connectivity index (χ3n) is 4.93. The topological polar surface area (TPSA) is 92.4 Å². The molecule has 0 aliphatic carbocycles. The van der Waals surface area contributed by atoms with Gasteiger partial charge in [0.15, 0.2) is 0 Å². The average Bonchev–Trinajstić information content (AvgIpc) is 2.67. The molecule has 2 aromatic rings. The van der Waals surface area contributed by atoms with Gasteiger partial charge in [0.2, 0.25) is 5.91 Å². The van der Waals surface area contributed by atoms with Crippen molar-refractivity contribution >= 4 is 17.6 Å². The van der Waals surface area contributed by atoms with Crippen molar-refractivity contribution in [2.75, 3.05) is 25.9 Å². The Morgan fingerprint density at radius 2 is 2.11 bits per heavy atom. The molecule has 7 heteroatoms. The number of hydrogen-bond acceptors (Lipinski definition) is 5. The quantitative estimate of drug-likeness (QED) is 0.893. The van der Waals surface area contributed by atoms with E-state index in [1.54, 1.807) is 42.1 Å². The first-order chi connectivity index (χ1) is 12.9. The van der Waals surface area contributed by atoms with Crippen LogP contribution in [0.2, 0.25) is 0 Å². The highest BCUT2D eigenvalue weighted by Crippen LogP contribution is 2.23. The SMILES string of the molecule is CCCC1C(=O)N(C)CCN1C(=O)c1cccc(-c2cnc(N)c(C)n2)c1. The molecule has 1 atom stereocenters. The molecule has 1 fully saturated rings. The lowest BCUT2D eigenvalue weighted by atomic mass is 10.0. The second-order valence-electron chi connectivity index (χ2n) is 6.87. The summed E-state index contributed by atoms with van der Waals surface area (Å²) in [5.74, 6) is 0.272. The molecule has 2 N–H and O–H groups in total. The molecule has 2 amide bonds. The number of anilines is 1.